The Bertz CT molecular complexity index is 636. The molecule has 3 rings (SSSR count). The summed E-state index contributed by atoms with van der Waals surface area (Å²) in [5.41, 5.74) is 2.77. The zero-order chi connectivity index (χ0) is 18.7. The number of alkyl halides is 3. The van der Waals surface area contributed by atoms with Gasteiger partial charge in [-0.3, -0.25) is 9.89 Å². The third-order valence-electron chi connectivity index (χ3n) is 5.39. The molecule has 26 heavy (non-hydrogen) atoms. The van der Waals surface area contributed by atoms with Gasteiger partial charge in [0.2, 0.25) is 0 Å². The molecule has 0 aromatic heterocycles. The molecule has 1 fully saturated rings. The molecule has 1 aromatic carbocycles. The number of guanidine groups is 1. The summed E-state index contributed by atoms with van der Waals surface area (Å²) in [5, 5.41) is 3.29. The Balaban J connectivity index is 1.57. The third kappa shape index (κ3) is 4.14. The summed E-state index contributed by atoms with van der Waals surface area (Å²) < 4.78 is 38.7. The van der Waals surface area contributed by atoms with Crippen LogP contribution in [0, 0.1) is 0 Å². The van der Waals surface area contributed by atoms with Crippen molar-refractivity contribution in [1.82, 2.24) is 15.1 Å². The largest absolute Gasteiger partial charge is 0.403 e. The molecular formula is C19H27F3N4. The molecule has 144 valence electrons. The van der Waals surface area contributed by atoms with Gasteiger partial charge in [-0.15, -0.1) is 0 Å². The predicted octanol–water partition coefficient (Wildman–Crippen LogP) is 2.86. The molecule has 4 nitrogen and oxygen atoms in total. The predicted molar refractivity (Wildman–Crippen MR) is 97.5 cm³/mol. The minimum Gasteiger partial charge on any atom is -0.357 e. The number of nitrogens with one attached hydrogen (secondary N) is 1. The van der Waals surface area contributed by atoms with Gasteiger partial charge in [0.1, 0.15) is 6.04 Å². The molecule has 0 amide bonds. The molecule has 1 aliphatic heterocycles. The second-order valence-electron chi connectivity index (χ2n) is 7.04. The van der Waals surface area contributed by atoms with Crippen LogP contribution in [0.3, 0.4) is 0 Å². The number of rotatable bonds is 4. The fourth-order valence-electron chi connectivity index (χ4n) is 3.68. The van der Waals surface area contributed by atoms with Crippen LogP contribution < -0.4 is 5.32 Å². The van der Waals surface area contributed by atoms with Gasteiger partial charge in [-0.25, -0.2) is 0 Å². The zero-order valence-electron chi connectivity index (χ0n) is 15.4. The first kappa shape index (κ1) is 19.0. The van der Waals surface area contributed by atoms with E-state index in [1.807, 2.05) is 6.92 Å². The highest BCUT2D eigenvalue weighted by molar-refractivity contribution is 5.80. The molecule has 1 N–H and O–H groups in total. The van der Waals surface area contributed by atoms with Crippen molar-refractivity contribution in [2.24, 2.45) is 4.99 Å². The van der Waals surface area contributed by atoms with Crippen LogP contribution in [0.5, 0.6) is 0 Å². The minimum atomic E-state index is -4.17. The number of aliphatic imine (C=N–C) groups is 1. The number of piperazine rings is 1. The first-order valence-electron chi connectivity index (χ1n) is 9.32. The Morgan fingerprint density at radius 2 is 1.92 bits per heavy atom. The summed E-state index contributed by atoms with van der Waals surface area (Å²) in [6, 6.07) is 7.03. The van der Waals surface area contributed by atoms with Crippen LogP contribution in [-0.2, 0) is 6.42 Å². The molecule has 1 aliphatic carbocycles. The maximum absolute atomic E-state index is 12.9. The van der Waals surface area contributed by atoms with Crippen LogP contribution in [0.15, 0.2) is 29.3 Å². The highest BCUT2D eigenvalue weighted by atomic mass is 19.4. The molecule has 0 spiro atoms. The monoisotopic (exact) mass is 368 g/mol. The Morgan fingerprint density at radius 3 is 2.54 bits per heavy atom. The van der Waals surface area contributed by atoms with Crippen LogP contribution >= 0.6 is 0 Å². The first-order valence-corrected chi connectivity index (χ1v) is 9.32. The molecule has 0 bridgehead atoms. The van der Waals surface area contributed by atoms with Crippen molar-refractivity contribution in [1.29, 1.82) is 0 Å². The molecule has 2 atom stereocenters. The minimum absolute atomic E-state index is 0.400. The number of hydrogen-bond acceptors (Lipinski definition) is 2. The average molecular weight is 368 g/mol. The van der Waals surface area contributed by atoms with Crippen molar-refractivity contribution in [3.05, 3.63) is 35.4 Å². The van der Waals surface area contributed by atoms with Gasteiger partial charge in [0.15, 0.2) is 5.96 Å². The van der Waals surface area contributed by atoms with Crippen LogP contribution in [0.1, 0.15) is 30.9 Å². The maximum atomic E-state index is 12.9. The second-order valence-corrected chi connectivity index (χ2v) is 7.04. The first-order chi connectivity index (χ1) is 12.4. The van der Waals surface area contributed by atoms with Crippen LogP contribution in [0.2, 0.25) is 0 Å². The van der Waals surface area contributed by atoms with Gasteiger partial charge in [0, 0.05) is 45.2 Å². The van der Waals surface area contributed by atoms with Crippen LogP contribution in [-0.4, -0.2) is 67.2 Å². The quantitative estimate of drug-likeness (QED) is 0.655. The number of halogens is 3. The average Bonchev–Trinajstić information content (AvgIpc) is 2.60. The van der Waals surface area contributed by atoms with Crippen LogP contribution in [0.4, 0.5) is 13.2 Å². The highest BCUT2D eigenvalue weighted by Crippen LogP contribution is 2.34. The van der Waals surface area contributed by atoms with E-state index in [0.29, 0.717) is 32.1 Å². The van der Waals surface area contributed by atoms with Gasteiger partial charge >= 0.3 is 6.18 Å². The molecular weight excluding hydrogens is 341 g/mol. The zero-order valence-corrected chi connectivity index (χ0v) is 15.4. The van der Waals surface area contributed by atoms with Crippen LogP contribution in [0.25, 0.3) is 0 Å². The van der Waals surface area contributed by atoms with Gasteiger partial charge < -0.3 is 10.2 Å². The summed E-state index contributed by atoms with van der Waals surface area (Å²) in [4.78, 5) is 8.35. The van der Waals surface area contributed by atoms with Crippen molar-refractivity contribution < 1.29 is 13.2 Å². The molecule has 7 heteroatoms. The Labute approximate surface area is 153 Å². The van der Waals surface area contributed by atoms with Crippen molar-refractivity contribution >= 4 is 5.96 Å². The SMILES string of the molecule is CCNC(=NCC1Cc2ccccc21)N1CCN(C(C)C(F)(F)F)CC1. The lowest BCUT2D eigenvalue weighted by Gasteiger charge is -2.40. The van der Waals surface area contributed by atoms with E-state index >= 15 is 0 Å². The smallest absolute Gasteiger partial charge is 0.357 e. The lowest BCUT2D eigenvalue weighted by molar-refractivity contribution is -0.181. The van der Waals surface area contributed by atoms with Crippen molar-refractivity contribution in [2.45, 2.75) is 38.4 Å². The standard InChI is InChI=1S/C19H27F3N4/c1-3-23-18(24-13-16-12-15-6-4-5-7-17(15)16)26-10-8-25(9-11-26)14(2)19(20,21)22/h4-7,14,16H,3,8-13H2,1-2H3,(H,23,24). The maximum Gasteiger partial charge on any atom is 0.403 e. The van der Waals surface area contributed by atoms with E-state index in [0.717, 1.165) is 25.5 Å². The van der Waals surface area contributed by atoms with E-state index in [4.69, 9.17) is 4.99 Å². The van der Waals surface area contributed by atoms with E-state index in [2.05, 4.69) is 34.5 Å². The second kappa shape index (κ2) is 7.86. The Hall–Kier alpha value is -1.76. The molecule has 0 saturated carbocycles. The number of hydrogen-bond donors (Lipinski definition) is 1. The van der Waals surface area contributed by atoms with Gasteiger partial charge in [-0.05, 0) is 31.4 Å². The summed E-state index contributed by atoms with van der Waals surface area (Å²) in [7, 11) is 0. The lowest BCUT2D eigenvalue weighted by atomic mass is 9.78. The van der Waals surface area contributed by atoms with E-state index in [9.17, 15) is 13.2 Å². The van der Waals surface area contributed by atoms with E-state index in [1.165, 1.54) is 23.0 Å². The Kier molecular flexibility index (Phi) is 5.75. The lowest BCUT2D eigenvalue weighted by Crippen LogP contribution is -2.56. The van der Waals surface area contributed by atoms with Gasteiger partial charge in [0.05, 0.1) is 0 Å². The molecule has 2 unspecified atom stereocenters. The van der Waals surface area contributed by atoms with E-state index < -0.39 is 12.2 Å². The molecule has 2 aliphatic rings. The number of benzene rings is 1. The fourth-order valence-corrected chi connectivity index (χ4v) is 3.68. The molecule has 0 radical (unpaired) electrons. The van der Waals surface area contributed by atoms with E-state index in [1.54, 1.807) is 0 Å². The van der Waals surface area contributed by atoms with Crippen molar-refractivity contribution in [3.63, 3.8) is 0 Å². The van der Waals surface area contributed by atoms with Crippen molar-refractivity contribution in [3.8, 4) is 0 Å². The summed E-state index contributed by atoms with van der Waals surface area (Å²) >= 11 is 0. The fraction of sp³-hybridized carbons (Fsp3) is 0.632. The van der Waals surface area contributed by atoms with Crippen molar-refractivity contribution in [2.75, 3.05) is 39.3 Å². The van der Waals surface area contributed by atoms with E-state index in [-0.39, 0.29) is 0 Å². The summed E-state index contributed by atoms with van der Waals surface area (Å²) in [6.45, 7) is 6.65. The molecule has 1 saturated heterocycles. The normalized spacial score (nSPS) is 22.6. The topological polar surface area (TPSA) is 30.9 Å². The number of fused-ring (bicyclic) bond motifs is 1. The van der Waals surface area contributed by atoms with Gasteiger partial charge in [-0.2, -0.15) is 13.2 Å². The summed E-state index contributed by atoms with van der Waals surface area (Å²) in [6.07, 6.45) is -3.12. The number of nitrogens with zero attached hydrogens (tertiary/aromatic N) is 3. The molecule has 1 aromatic rings. The summed E-state index contributed by atoms with van der Waals surface area (Å²) in [5.74, 6) is 1.27. The Morgan fingerprint density at radius 1 is 1.23 bits per heavy atom. The van der Waals surface area contributed by atoms with Gasteiger partial charge in [-0.1, -0.05) is 24.3 Å². The highest BCUT2D eigenvalue weighted by Gasteiger charge is 2.41. The third-order valence-corrected chi connectivity index (χ3v) is 5.39. The molecule has 1 heterocycles. The van der Waals surface area contributed by atoms with Gasteiger partial charge in [0.25, 0.3) is 0 Å².